The fourth-order valence-corrected chi connectivity index (χ4v) is 2.11. The number of alkyl halides is 3. The summed E-state index contributed by atoms with van der Waals surface area (Å²) in [4.78, 5) is 26.8. The topological polar surface area (TPSA) is 92.5 Å². The monoisotopic (exact) mass is 433 g/mol. The highest BCUT2D eigenvalue weighted by atomic mass is 35.5. The average molecular weight is 434 g/mol. The van der Waals surface area contributed by atoms with Gasteiger partial charge < -0.3 is 14.2 Å². The molecule has 0 saturated heterocycles. The van der Waals surface area contributed by atoms with Crippen molar-refractivity contribution in [3.8, 4) is 17.1 Å². The fraction of sp³-hybridized carbons (Fsp3) is 0.294. The minimum absolute atomic E-state index is 0.0165. The van der Waals surface area contributed by atoms with Crippen LogP contribution in [0.25, 0.3) is 17.6 Å². The molecule has 0 amide bonds. The SMILES string of the molecule is CC(C)COC(=O)OC(=O)/C=C\n1cnc(-c2cc(Cl)cc(OC(F)(F)F)c2)n1. The van der Waals surface area contributed by atoms with Crippen LogP contribution in [0.3, 0.4) is 0 Å². The van der Waals surface area contributed by atoms with Gasteiger partial charge in [-0.05, 0) is 24.1 Å². The second kappa shape index (κ2) is 9.41. The Kier molecular flexibility index (Phi) is 7.21. The van der Waals surface area contributed by atoms with Gasteiger partial charge in [0.2, 0.25) is 0 Å². The summed E-state index contributed by atoms with van der Waals surface area (Å²) >= 11 is 5.80. The van der Waals surface area contributed by atoms with Crippen molar-refractivity contribution in [3.63, 3.8) is 0 Å². The molecule has 0 bridgehead atoms. The molecule has 29 heavy (non-hydrogen) atoms. The van der Waals surface area contributed by atoms with Crippen molar-refractivity contribution in [3.05, 3.63) is 35.6 Å². The molecular weight excluding hydrogens is 419 g/mol. The highest BCUT2D eigenvalue weighted by Gasteiger charge is 2.31. The molecule has 0 aliphatic rings. The summed E-state index contributed by atoms with van der Waals surface area (Å²) in [7, 11) is 0. The van der Waals surface area contributed by atoms with Crippen LogP contribution < -0.4 is 4.74 Å². The number of ether oxygens (including phenoxy) is 3. The van der Waals surface area contributed by atoms with Crippen LogP contribution in [0.5, 0.6) is 5.75 Å². The number of hydrogen-bond acceptors (Lipinski definition) is 7. The zero-order valence-electron chi connectivity index (χ0n) is 15.1. The molecule has 0 aliphatic carbocycles. The third kappa shape index (κ3) is 7.82. The molecule has 0 fully saturated rings. The number of benzene rings is 1. The summed E-state index contributed by atoms with van der Waals surface area (Å²) < 4.78 is 51.2. The minimum atomic E-state index is -4.88. The number of esters is 1. The minimum Gasteiger partial charge on any atom is -0.434 e. The van der Waals surface area contributed by atoms with Gasteiger partial charge in [0.15, 0.2) is 5.82 Å². The van der Waals surface area contributed by atoms with Crippen LogP contribution in [0, 0.1) is 5.92 Å². The van der Waals surface area contributed by atoms with E-state index in [9.17, 15) is 22.8 Å². The van der Waals surface area contributed by atoms with Gasteiger partial charge in [-0.25, -0.2) is 19.3 Å². The zero-order chi connectivity index (χ0) is 21.6. The molecule has 0 radical (unpaired) electrons. The molecule has 0 saturated carbocycles. The maximum atomic E-state index is 12.4. The van der Waals surface area contributed by atoms with E-state index in [-0.39, 0.29) is 28.9 Å². The van der Waals surface area contributed by atoms with E-state index < -0.39 is 24.2 Å². The lowest BCUT2D eigenvalue weighted by molar-refractivity contribution is -0.274. The van der Waals surface area contributed by atoms with E-state index in [4.69, 9.17) is 11.6 Å². The lowest BCUT2D eigenvalue weighted by Gasteiger charge is -2.09. The van der Waals surface area contributed by atoms with E-state index >= 15 is 0 Å². The number of carbonyl (C=O) groups excluding carboxylic acids is 2. The van der Waals surface area contributed by atoms with Crippen molar-refractivity contribution in [2.75, 3.05) is 6.61 Å². The van der Waals surface area contributed by atoms with Crippen molar-refractivity contribution >= 4 is 29.9 Å². The molecular formula is C17H15ClF3N3O5. The summed E-state index contributed by atoms with van der Waals surface area (Å²) in [6, 6.07) is 3.39. The standard InChI is InChI=1S/C17H15ClF3N3O5/c1-10(2)8-27-16(26)28-14(25)3-4-24-9-22-15(23-24)11-5-12(18)7-13(6-11)29-17(19,20)21/h3-7,9-10H,8H2,1-2H3/b4-3-. The number of aromatic nitrogens is 3. The average Bonchev–Trinajstić information content (AvgIpc) is 3.05. The highest BCUT2D eigenvalue weighted by Crippen LogP contribution is 2.30. The summed E-state index contributed by atoms with van der Waals surface area (Å²) in [5.41, 5.74) is 0.156. The van der Waals surface area contributed by atoms with Crippen molar-refractivity contribution < 1.29 is 37.0 Å². The molecule has 1 aromatic carbocycles. The Labute approximate surface area is 167 Å². The smallest absolute Gasteiger partial charge is 0.434 e. The maximum Gasteiger partial charge on any atom is 0.573 e. The van der Waals surface area contributed by atoms with Gasteiger partial charge in [-0.3, -0.25) is 0 Å². The van der Waals surface area contributed by atoms with Crippen LogP contribution >= 0.6 is 11.6 Å². The molecule has 0 spiro atoms. The zero-order valence-corrected chi connectivity index (χ0v) is 15.9. The first-order chi connectivity index (χ1) is 13.5. The quantitative estimate of drug-likeness (QED) is 0.381. The van der Waals surface area contributed by atoms with Gasteiger partial charge in [0, 0.05) is 22.9 Å². The van der Waals surface area contributed by atoms with Crippen LogP contribution in [0.15, 0.2) is 30.6 Å². The predicted octanol–water partition coefficient (Wildman–Crippen LogP) is 4.30. The number of hydrogen-bond donors (Lipinski definition) is 0. The number of nitrogens with zero attached hydrogens (tertiary/aromatic N) is 3. The fourth-order valence-electron chi connectivity index (χ4n) is 1.88. The number of halogens is 4. The van der Waals surface area contributed by atoms with Crippen LogP contribution in [-0.2, 0) is 14.3 Å². The molecule has 1 heterocycles. The summed E-state index contributed by atoms with van der Waals surface area (Å²) in [5.74, 6) is -1.43. The molecule has 8 nitrogen and oxygen atoms in total. The first-order valence-corrected chi connectivity index (χ1v) is 8.44. The Morgan fingerprint density at radius 1 is 1.28 bits per heavy atom. The largest absolute Gasteiger partial charge is 0.573 e. The normalized spacial score (nSPS) is 11.7. The third-order valence-corrected chi connectivity index (χ3v) is 3.17. The lowest BCUT2D eigenvalue weighted by Crippen LogP contribution is -2.17. The van der Waals surface area contributed by atoms with Crippen LogP contribution in [0.1, 0.15) is 13.8 Å². The molecule has 0 atom stereocenters. The Morgan fingerprint density at radius 2 is 2.00 bits per heavy atom. The molecule has 2 rings (SSSR count). The van der Waals surface area contributed by atoms with Gasteiger partial charge in [0.1, 0.15) is 12.1 Å². The van der Waals surface area contributed by atoms with Crippen molar-refractivity contribution in [2.24, 2.45) is 5.92 Å². The van der Waals surface area contributed by atoms with Crippen LogP contribution in [0.2, 0.25) is 5.02 Å². The van der Waals surface area contributed by atoms with Gasteiger partial charge >= 0.3 is 18.5 Å². The van der Waals surface area contributed by atoms with E-state index in [0.717, 1.165) is 29.1 Å². The van der Waals surface area contributed by atoms with Crippen LogP contribution in [-0.4, -0.2) is 39.9 Å². The van der Waals surface area contributed by atoms with Gasteiger partial charge in [0.05, 0.1) is 6.61 Å². The Bertz CT molecular complexity index is 912. The third-order valence-electron chi connectivity index (χ3n) is 2.95. The van der Waals surface area contributed by atoms with E-state index in [1.54, 1.807) is 0 Å². The second-order valence-electron chi connectivity index (χ2n) is 5.96. The van der Waals surface area contributed by atoms with E-state index in [0.29, 0.717) is 0 Å². The van der Waals surface area contributed by atoms with Gasteiger partial charge in [0.25, 0.3) is 0 Å². The predicted molar refractivity (Wildman–Crippen MR) is 94.8 cm³/mol. The number of rotatable bonds is 6. The lowest BCUT2D eigenvalue weighted by atomic mass is 10.2. The van der Waals surface area contributed by atoms with Gasteiger partial charge in [-0.15, -0.1) is 18.3 Å². The maximum absolute atomic E-state index is 12.4. The molecule has 0 unspecified atom stereocenters. The van der Waals surface area contributed by atoms with E-state index in [1.807, 2.05) is 13.8 Å². The van der Waals surface area contributed by atoms with E-state index in [2.05, 4.69) is 24.3 Å². The molecule has 12 heteroatoms. The molecule has 156 valence electrons. The van der Waals surface area contributed by atoms with Crippen LogP contribution in [0.4, 0.5) is 18.0 Å². The van der Waals surface area contributed by atoms with Crippen molar-refractivity contribution in [1.29, 1.82) is 0 Å². The summed E-state index contributed by atoms with van der Waals surface area (Å²) in [6.45, 7) is 3.73. The molecule has 0 N–H and O–H groups in total. The summed E-state index contributed by atoms with van der Waals surface area (Å²) in [5, 5.41) is 3.95. The van der Waals surface area contributed by atoms with Crippen molar-refractivity contribution in [2.45, 2.75) is 20.2 Å². The van der Waals surface area contributed by atoms with Gasteiger partial charge in [-0.2, -0.15) is 0 Å². The van der Waals surface area contributed by atoms with Gasteiger partial charge in [-0.1, -0.05) is 25.4 Å². The summed E-state index contributed by atoms with van der Waals surface area (Å²) in [6.07, 6.45) is -2.81. The first kappa shape index (κ1) is 22.2. The molecule has 2 aromatic rings. The Hall–Kier alpha value is -3.08. The molecule has 0 aliphatic heterocycles. The Balaban J connectivity index is 2.04. The van der Waals surface area contributed by atoms with E-state index in [1.165, 1.54) is 12.4 Å². The Morgan fingerprint density at radius 3 is 2.66 bits per heavy atom. The first-order valence-electron chi connectivity index (χ1n) is 8.06. The highest BCUT2D eigenvalue weighted by molar-refractivity contribution is 6.31. The second-order valence-corrected chi connectivity index (χ2v) is 6.40. The van der Waals surface area contributed by atoms with Crippen molar-refractivity contribution in [1.82, 2.24) is 14.8 Å². The number of carbonyl (C=O) groups is 2. The molecule has 1 aromatic heterocycles.